The van der Waals surface area contributed by atoms with Crippen molar-refractivity contribution in [1.29, 1.82) is 0 Å². The predicted octanol–water partition coefficient (Wildman–Crippen LogP) is 0.277. The number of rotatable bonds is 6. The van der Waals surface area contributed by atoms with Crippen LogP contribution in [0.2, 0.25) is 0 Å². The van der Waals surface area contributed by atoms with Crippen LogP contribution in [0.1, 0.15) is 18.9 Å². The molecule has 0 saturated carbocycles. The average molecular weight is 267 g/mol. The Balaban J connectivity index is 2.46. The Morgan fingerprint density at radius 1 is 1.37 bits per heavy atom. The Morgan fingerprint density at radius 2 is 2.05 bits per heavy atom. The van der Waals surface area contributed by atoms with Crippen molar-refractivity contribution in [2.24, 2.45) is 0 Å². The number of nitrogens with one attached hydrogen (secondary N) is 1. The van der Waals surface area contributed by atoms with Crippen LogP contribution in [-0.4, -0.2) is 39.3 Å². The second-order valence-electron chi connectivity index (χ2n) is 4.69. The van der Waals surface area contributed by atoms with Crippen molar-refractivity contribution in [2.45, 2.75) is 25.4 Å². The number of carboxylic acid groups (broad SMARTS) is 1. The van der Waals surface area contributed by atoms with E-state index in [9.17, 15) is 19.8 Å². The maximum atomic E-state index is 11.6. The van der Waals surface area contributed by atoms with E-state index in [2.05, 4.69) is 5.32 Å². The first-order valence-corrected chi connectivity index (χ1v) is 5.77. The second-order valence-corrected chi connectivity index (χ2v) is 4.69. The maximum Gasteiger partial charge on any atom is 0.306 e. The highest BCUT2D eigenvalue weighted by Gasteiger charge is 2.24. The number of phenols is 1. The van der Waals surface area contributed by atoms with Crippen molar-refractivity contribution in [1.82, 2.24) is 5.32 Å². The highest BCUT2D eigenvalue weighted by Crippen LogP contribution is 2.11. The molecule has 19 heavy (non-hydrogen) atoms. The van der Waals surface area contributed by atoms with Gasteiger partial charge in [0.05, 0.1) is 18.4 Å². The molecule has 104 valence electrons. The molecular formula is C13H17NO5. The molecular weight excluding hydrogens is 250 g/mol. The molecule has 1 aromatic carbocycles. The first-order valence-electron chi connectivity index (χ1n) is 5.77. The summed E-state index contributed by atoms with van der Waals surface area (Å²) in [5.74, 6) is -1.41. The number of benzene rings is 1. The summed E-state index contributed by atoms with van der Waals surface area (Å²) in [4.78, 5) is 22.1. The minimum Gasteiger partial charge on any atom is -0.508 e. The van der Waals surface area contributed by atoms with Gasteiger partial charge in [-0.25, -0.2) is 0 Å². The van der Waals surface area contributed by atoms with Gasteiger partial charge in [0, 0.05) is 6.54 Å². The lowest BCUT2D eigenvalue weighted by Gasteiger charge is -2.21. The van der Waals surface area contributed by atoms with Gasteiger partial charge in [0.15, 0.2) is 0 Å². The largest absolute Gasteiger partial charge is 0.508 e. The van der Waals surface area contributed by atoms with Crippen LogP contribution >= 0.6 is 0 Å². The van der Waals surface area contributed by atoms with Crippen molar-refractivity contribution >= 4 is 11.9 Å². The van der Waals surface area contributed by atoms with Gasteiger partial charge in [-0.1, -0.05) is 12.1 Å². The quantitative estimate of drug-likeness (QED) is 0.592. The van der Waals surface area contributed by atoms with Crippen LogP contribution in [0.25, 0.3) is 0 Å². The van der Waals surface area contributed by atoms with Crippen LogP contribution in [-0.2, 0) is 16.0 Å². The van der Waals surface area contributed by atoms with Gasteiger partial charge >= 0.3 is 5.97 Å². The molecule has 1 amide bonds. The molecule has 4 N–H and O–H groups in total. The molecule has 6 heteroatoms. The lowest BCUT2D eigenvalue weighted by molar-refractivity contribution is -0.142. The summed E-state index contributed by atoms with van der Waals surface area (Å²) in [6.07, 6.45) is -0.392. The fraction of sp³-hybridized carbons (Fsp3) is 0.385. The van der Waals surface area contributed by atoms with Crippen LogP contribution in [0.3, 0.4) is 0 Å². The Hall–Kier alpha value is -2.08. The topological polar surface area (TPSA) is 107 Å². The number of aliphatic hydroxyl groups is 1. The third-order valence-corrected chi connectivity index (χ3v) is 2.47. The molecule has 0 aliphatic carbocycles. The van der Waals surface area contributed by atoms with Gasteiger partial charge in [0.25, 0.3) is 0 Å². The van der Waals surface area contributed by atoms with Crippen LogP contribution in [0.4, 0.5) is 0 Å². The molecule has 1 aromatic rings. The summed E-state index contributed by atoms with van der Waals surface area (Å²) >= 11 is 0. The molecule has 0 fully saturated rings. The molecule has 1 atom stereocenters. The summed E-state index contributed by atoms with van der Waals surface area (Å²) in [6.45, 7) is 1.20. The van der Waals surface area contributed by atoms with Crippen molar-refractivity contribution < 1.29 is 24.9 Å². The lowest BCUT2D eigenvalue weighted by Crippen LogP contribution is -2.42. The smallest absolute Gasteiger partial charge is 0.306 e. The fourth-order valence-corrected chi connectivity index (χ4v) is 1.59. The molecule has 0 bridgehead atoms. The summed E-state index contributed by atoms with van der Waals surface area (Å²) in [6, 6.07) is 6.28. The third-order valence-electron chi connectivity index (χ3n) is 2.47. The van der Waals surface area contributed by atoms with E-state index in [-0.39, 0.29) is 24.6 Å². The third kappa shape index (κ3) is 5.87. The Morgan fingerprint density at radius 3 is 2.63 bits per heavy atom. The second kappa shape index (κ2) is 6.19. The van der Waals surface area contributed by atoms with E-state index in [1.54, 1.807) is 12.1 Å². The van der Waals surface area contributed by atoms with E-state index in [1.165, 1.54) is 19.1 Å². The van der Waals surface area contributed by atoms with E-state index >= 15 is 0 Å². The molecule has 0 aromatic heterocycles. The number of hydrogen-bond acceptors (Lipinski definition) is 4. The number of carbonyl (C=O) groups is 2. The maximum absolute atomic E-state index is 11.6. The highest BCUT2D eigenvalue weighted by molar-refractivity contribution is 5.78. The van der Waals surface area contributed by atoms with Crippen LogP contribution < -0.4 is 5.32 Å². The molecule has 6 nitrogen and oxygen atoms in total. The van der Waals surface area contributed by atoms with Crippen molar-refractivity contribution in [3.63, 3.8) is 0 Å². The van der Waals surface area contributed by atoms with Gasteiger partial charge in [0.1, 0.15) is 5.75 Å². The number of aromatic hydroxyl groups is 1. The van der Waals surface area contributed by atoms with E-state index < -0.39 is 18.0 Å². The zero-order valence-electron chi connectivity index (χ0n) is 10.6. The van der Waals surface area contributed by atoms with Gasteiger partial charge in [-0.15, -0.1) is 0 Å². The number of carbonyl (C=O) groups excluding carboxylic acids is 1. The SMILES string of the molecule is CC(O)(CNC(=O)Cc1cccc(O)c1)CC(=O)O. The molecule has 0 radical (unpaired) electrons. The first-order chi connectivity index (χ1) is 8.78. The number of hydrogen-bond donors (Lipinski definition) is 4. The summed E-state index contributed by atoms with van der Waals surface area (Å²) in [5.41, 5.74) is -0.851. The fourth-order valence-electron chi connectivity index (χ4n) is 1.59. The zero-order valence-corrected chi connectivity index (χ0v) is 10.6. The first kappa shape index (κ1) is 15.0. The van der Waals surface area contributed by atoms with Crippen LogP contribution in [0.15, 0.2) is 24.3 Å². The van der Waals surface area contributed by atoms with Crippen LogP contribution in [0, 0.1) is 0 Å². The summed E-state index contributed by atoms with van der Waals surface area (Å²) in [7, 11) is 0. The minimum atomic E-state index is -1.49. The standard InChI is InChI=1S/C13H17NO5/c1-13(19,7-12(17)18)8-14-11(16)6-9-3-2-4-10(15)5-9/h2-5,15,19H,6-8H2,1H3,(H,14,16)(H,17,18). The van der Waals surface area contributed by atoms with Crippen molar-refractivity contribution in [3.05, 3.63) is 29.8 Å². The van der Waals surface area contributed by atoms with E-state index in [0.717, 1.165) is 0 Å². The molecule has 0 aliphatic heterocycles. The van der Waals surface area contributed by atoms with Gasteiger partial charge < -0.3 is 20.6 Å². The van der Waals surface area contributed by atoms with Gasteiger partial charge in [-0.2, -0.15) is 0 Å². The van der Waals surface area contributed by atoms with E-state index in [0.29, 0.717) is 5.56 Å². The van der Waals surface area contributed by atoms with Gasteiger partial charge in [0.2, 0.25) is 5.91 Å². The molecule has 0 spiro atoms. The Kier molecular flexibility index (Phi) is 4.88. The lowest BCUT2D eigenvalue weighted by atomic mass is 10.0. The summed E-state index contributed by atoms with van der Waals surface area (Å²) < 4.78 is 0. The normalized spacial score (nSPS) is 13.6. The predicted molar refractivity (Wildman–Crippen MR) is 67.7 cm³/mol. The Labute approximate surface area is 110 Å². The van der Waals surface area contributed by atoms with Crippen molar-refractivity contribution in [2.75, 3.05) is 6.54 Å². The van der Waals surface area contributed by atoms with Crippen molar-refractivity contribution in [3.8, 4) is 5.75 Å². The van der Waals surface area contributed by atoms with Gasteiger partial charge in [-0.05, 0) is 24.6 Å². The summed E-state index contributed by atoms with van der Waals surface area (Å²) in [5, 5.41) is 30.0. The molecule has 0 heterocycles. The zero-order chi connectivity index (χ0) is 14.5. The van der Waals surface area contributed by atoms with E-state index in [4.69, 9.17) is 5.11 Å². The number of phenolic OH excluding ortho intramolecular Hbond substituents is 1. The van der Waals surface area contributed by atoms with Gasteiger partial charge in [-0.3, -0.25) is 9.59 Å². The molecule has 0 saturated heterocycles. The number of aliphatic carboxylic acids is 1. The van der Waals surface area contributed by atoms with Crippen LogP contribution in [0.5, 0.6) is 5.75 Å². The number of carboxylic acids is 1. The molecule has 1 rings (SSSR count). The number of amides is 1. The highest BCUT2D eigenvalue weighted by atomic mass is 16.4. The van der Waals surface area contributed by atoms with E-state index in [1.807, 2.05) is 0 Å². The molecule has 1 unspecified atom stereocenters. The monoisotopic (exact) mass is 267 g/mol. The average Bonchev–Trinajstić information content (AvgIpc) is 2.25. The minimum absolute atomic E-state index is 0.0531. The molecule has 0 aliphatic rings. The Bertz CT molecular complexity index is 470.